The molecule has 3 amide bonds. The second kappa shape index (κ2) is 10.5. The lowest BCUT2D eigenvalue weighted by atomic mass is 9.80. The highest BCUT2D eigenvalue weighted by atomic mass is 19.3. The number of alkyl halides is 4. The molecule has 2 N–H and O–H groups in total. The number of urea groups is 1. The van der Waals surface area contributed by atoms with E-state index >= 15 is 0 Å². The summed E-state index contributed by atoms with van der Waals surface area (Å²) in [7, 11) is 1.62. The van der Waals surface area contributed by atoms with Crippen LogP contribution in [0.5, 0.6) is 0 Å². The van der Waals surface area contributed by atoms with Crippen molar-refractivity contribution in [1.82, 2.24) is 30.3 Å². The topological polar surface area (TPSA) is 115 Å². The molecule has 6 rings (SSSR count). The van der Waals surface area contributed by atoms with Crippen molar-refractivity contribution in [2.24, 2.45) is 13.0 Å². The van der Waals surface area contributed by atoms with Gasteiger partial charge in [-0.1, -0.05) is 6.07 Å². The molecule has 2 aromatic heterocycles. The molecule has 10 nitrogen and oxygen atoms in total. The van der Waals surface area contributed by atoms with Crippen LogP contribution in [0.3, 0.4) is 0 Å². The normalized spacial score (nSPS) is 23.0. The molecule has 14 heteroatoms. The molecule has 1 aliphatic carbocycles. The summed E-state index contributed by atoms with van der Waals surface area (Å²) in [4.78, 5) is 31.9. The summed E-state index contributed by atoms with van der Waals surface area (Å²) in [5.41, 5.74) is 0.627. The molecule has 2 aliphatic heterocycles. The average Bonchev–Trinajstić information content (AvgIpc) is 3.59. The summed E-state index contributed by atoms with van der Waals surface area (Å²) >= 11 is 0. The molecule has 3 aliphatic rings. The van der Waals surface area contributed by atoms with Crippen LogP contribution in [0.4, 0.5) is 22.4 Å². The van der Waals surface area contributed by atoms with Crippen molar-refractivity contribution in [3.8, 4) is 0 Å². The Bertz CT molecular complexity index is 1470. The van der Waals surface area contributed by atoms with Crippen LogP contribution < -0.4 is 10.6 Å². The Morgan fingerprint density at radius 3 is 2.52 bits per heavy atom. The monoisotopic (exact) mass is 592 g/mol. The Labute approximate surface area is 238 Å². The van der Waals surface area contributed by atoms with E-state index in [2.05, 4.69) is 20.7 Å². The van der Waals surface area contributed by atoms with Crippen molar-refractivity contribution >= 4 is 23.0 Å². The van der Waals surface area contributed by atoms with Crippen LogP contribution in [0, 0.1) is 5.92 Å². The van der Waals surface area contributed by atoms with E-state index in [1.807, 2.05) is 0 Å². The van der Waals surface area contributed by atoms with Crippen LogP contribution in [-0.4, -0.2) is 69.8 Å². The van der Waals surface area contributed by atoms with E-state index in [9.17, 15) is 27.2 Å². The Kier molecular flexibility index (Phi) is 7.14. The van der Waals surface area contributed by atoms with Gasteiger partial charge in [-0.15, -0.1) is 0 Å². The van der Waals surface area contributed by atoms with Crippen molar-refractivity contribution in [3.63, 3.8) is 0 Å². The fraction of sp³-hybridized carbons (Fsp3) is 0.571. The van der Waals surface area contributed by atoms with Gasteiger partial charge >= 0.3 is 6.03 Å². The van der Waals surface area contributed by atoms with Gasteiger partial charge in [0.1, 0.15) is 17.3 Å². The molecule has 3 aromatic rings. The number of fused-ring (bicyclic) bond motifs is 1. The van der Waals surface area contributed by atoms with Gasteiger partial charge in [0, 0.05) is 39.3 Å². The van der Waals surface area contributed by atoms with Crippen LogP contribution in [0.25, 0.3) is 11.1 Å². The summed E-state index contributed by atoms with van der Waals surface area (Å²) in [6.45, 7) is -0.882. The molecule has 42 heavy (non-hydrogen) atoms. The number of nitrogens with one attached hydrogen (secondary N) is 2. The fourth-order valence-electron chi connectivity index (χ4n) is 6.39. The van der Waals surface area contributed by atoms with E-state index in [0.717, 1.165) is 0 Å². The summed E-state index contributed by atoms with van der Waals surface area (Å²) in [6.07, 6.45) is 1.80. The lowest BCUT2D eigenvalue weighted by Crippen LogP contribution is -2.64. The highest BCUT2D eigenvalue weighted by molar-refractivity contribution is 5.92. The van der Waals surface area contributed by atoms with Crippen molar-refractivity contribution < 1.29 is 36.3 Å². The molecule has 1 atom stereocenters. The van der Waals surface area contributed by atoms with Crippen LogP contribution >= 0.6 is 0 Å². The minimum Gasteiger partial charge on any atom is -0.438 e. The first-order valence-corrected chi connectivity index (χ1v) is 14.1. The molecule has 1 saturated carbocycles. The van der Waals surface area contributed by atoms with Gasteiger partial charge in [0.25, 0.3) is 11.8 Å². The first-order chi connectivity index (χ1) is 20.0. The third kappa shape index (κ3) is 5.32. The van der Waals surface area contributed by atoms with Gasteiger partial charge in [0.05, 0.1) is 18.6 Å². The summed E-state index contributed by atoms with van der Waals surface area (Å²) in [5, 5.41) is 9.26. The number of nitrogens with zero attached hydrogens (tertiary/aromatic N) is 4. The van der Waals surface area contributed by atoms with Gasteiger partial charge in [-0.3, -0.25) is 9.48 Å². The minimum atomic E-state index is -3.10. The number of aryl methyl sites for hydroxylation is 1. The molecule has 3 fully saturated rings. The van der Waals surface area contributed by atoms with Gasteiger partial charge in [-0.2, -0.15) is 5.10 Å². The Morgan fingerprint density at radius 2 is 1.83 bits per heavy atom. The zero-order valence-corrected chi connectivity index (χ0v) is 23.0. The number of rotatable bonds is 6. The number of amides is 3. The van der Waals surface area contributed by atoms with E-state index in [0.29, 0.717) is 29.5 Å². The molecule has 4 heterocycles. The quantitative estimate of drug-likeness (QED) is 0.407. The maximum Gasteiger partial charge on any atom is 0.318 e. The molecular formula is C28H32F4N6O4. The molecular weight excluding hydrogens is 560 g/mol. The zero-order valence-electron chi connectivity index (χ0n) is 23.0. The lowest BCUT2D eigenvalue weighted by Gasteiger charge is -2.49. The second-order valence-corrected chi connectivity index (χ2v) is 11.5. The summed E-state index contributed by atoms with van der Waals surface area (Å²) < 4.78 is 70.0. The highest BCUT2D eigenvalue weighted by Gasteiger charge is 2.50. The van der Waals surface area contributed by atoms with Crippen molar-refractivity contribution in [2.75, 3.05) is 26.3 Å². The number of oxazole rings is 1. The number of halogens is 4. The molecule has 226 valence electrons. The van der Waals surface area contributed by atoms with Crippen molar-refractivity contribution in [1.29, 1.82) is 0 Å². The number of benzene rings is 1. The third-order valence-corrected chi connectivity index (χ3v) is 8.75. The largest absolute Gasteiger partial charge is 0.438 e. The first-order valence-electron chi connectivity index (χ1n) is 14.1. The average molecular weight is 593 g/mol. The number of carbonyl (C=O) groups excluding carboxylic acids is 2. The first kappa shape index (κ1) is 28.4. The molecule has 0 spiro atoms. The number of ether oxygens (including phenoxy) is 1. The van der Waals surface area contributed by atoms with Crippen LogP contribution in [0.1, 0.15) is 66.5 Å². The van der Waals surface area contributed by atoms with Gasteiger partial charge < -0.3 is 24.7 Å². The van der Waals surface area contributed by atoms with E-state index in [1.165, 1.54) is 15.8 Å². The smallest absolute Gasteiger partial charge is 0.318 e. The van der Waals surface area contributed by atoms with Gasteiger partial charge in [0.2, 0.25) is 11.8 Å². The number of carbonyl (C=O) groups is 2. The predicted octanol–water partition coefficient (Wildman–Crippen LogP) is 4.52. The molecule has 2 saturated heterocycles. The van der Waals surface area contributed by atoms with E-state index in [-0.39, 0.29) is 56.4 Å². The standard InChI is InChI=1S/C28H32F4N6O4/c1-37-20(6-11-34-37)23(39)36-22(17-4-7-27(29,30)8-5-17)24-35-19-14-18(2-3-21(19)42-24)26(9-12-41-13-10-26)38-16-28(31,32)15-33-25(38)40/h2-3,6,11,14,17,22H,4-5,7-10,12-13,15-16H2,1H3,(H,33,40)(H,36,39)/t22-/m0/s1. The Balaban J connectivity index is 1.36. The number of hydrogen-bond donors (Lipinski definition) is 2. The van der Waals surface area contributed by atoms with Gasteiger partial charge in [0.15, 0.2) is 5.58 Å². The Morgan fingerprint density at radius 1 is 1.10 bits per heavy atom. The molecule has 1 aromatic carbocycles. The van der Waals surface area contributed by atoms with Crippen molar-refractivity contribution in [3.05, 3.63) is 47.6 Å². The zero-order chi connectivity index (χ0) is 29.7. The third-order valence-electron chi connectivity index (χ3n) is 8.75. The maximum atomic E-state index is 14.5. The summed E-state index contributed by atoms with van der Waals surface area (Å²) in [6, 6.07) is 5.29. The van der Waals surface area contributed by atoms with E-state index in [4.69, 9.17) is 9.15 Å². The Hall–Kier alpha value is -3.68. The van der Waals surface area contributed by atoms with Crippen LogP contribution in [0.2, 0.25) is 0 Å². The van der Waals surface area contributed by atoms with Gasteiger partial charge in [-0.25, -0.2) is 27.3 Å². The molecule has 0 radical (unpaired) electrons. The van der Waals surface area contributed by atoms with Crippen molar-refractivity contribution in [2.45, 2.75) is 62.0 Å². The molecule has 0 bridgehead atoms. The van der Waals surface area contributed by atoms with Crippen LogP contribution in [0.15, 0.2) is 34.9 Å². The summed E-state index contributed by atoms with van der Waals surface area (Å²) in [5.74, 6) is -6.50. The highest BCUT2D eigenvalue weighted by Crippen LogP contribution is 2.44. The van der Waals surface area contributed by atoms with E-state index < -0.39 is 48.5 Å². The maximum absolute atomic E-state index is 14.5. The predicted molar refractivity (Wildman–Crippen MR) is 141 cm³/mol. The van der Waals surface area contributed by atoms with Crippen LogP contribution in [-0.2, 0) is 17.3 Å². The SMILES string of the molecule is Cn1nccc1C(=O)N[C@H](c1nc2cc(C3(N4CC(F)(F)CNC4=O)CCOCC3)ccc2o1)C1CCC(F)(F)CC1. The second-order valence-electron chi connectivity index (χ2n) is 11.5. The van der Waals surface area contributed by atoms with E-state index in [1.54, 1.807) is 31.3 Å². The minimum absolute atomic E-state index is 0.161. The van der Waals surface area contributed by atoms with Gasteiger partial charge in [-0.05, 0) is 55.4 Å². The number of aromatic nitrogens is 3. The fourth-order valence-corrected chi connectivity index (χ4v) is 6.39. The lowest BCUT2D eigenvalue weighted by molar-refractivity contribution is -0.0868. The molecule has 0 unspecified atom stereocenters. The number of hydrogen-bond acceptors (Lipinski definition) is 6.